The van der Waals surface area contributed by atoms with Crippen molar-refractivity contribution in [1.82, 2.24) is 4.98 Å². The molecule has 0 spiro atoms. The highest BCUT2D eigenvalue weighted by Gasteiger charge is 2.01. The zero-order valence-corrected chi connectivity index (χ0v) is 10.5. The van der Waals surface area contributed by atoms with Crippen LogP contribution >= 0.6 is 0 Å². The number of phenols is 2. The van der Waals surface area contributed by atoms with Gasteiger partial charge in [-0.1, -0.05) is 19.1 Å². The van der Waals surface area contributed by atoms with E-state index in [0.29, 0.717) is 12.1 Å². The average molecular weight is 257 g/mol. The number of aromatic nitrogens is 1. The van der Waals surface area contributed by atoms with Crippen LogP contribution in [0.25, 0.3) is 12.2 Å². The van der Waals surface area contributed by atoms with Gasteiger partial charge in [0.05, 0.1) is 11.4 Å². The minimum absolute atomic E-state index is 0.145. The normalized spacial score (nSPS) is 11.0. The molecular weight excluding hydrogens is 242 g/mol. The summed E-state index contributed by atoms with van der Waals surface area (Å²) >= 11 is 0. The largest absolute Gasteiger partial charge is 0.506 e. The van der Waals surface area contributed by atoms with Crippen LogP contribution in [0.1, 0.15) is 23.9 Å². The molecule has 98 valence electrons. The summed E-state index contributed by atoms with van der Waals surface area (Å²) in [5.74, 6) is -0.106. The lowest BCUT2D eigenvalue weighted by Crippen LogP contribution is -1.90. The predicted octanol–water partition coefficient (Wildman–Crippen LogP) is 2.93. The highest BCUT2D eigenvalue weighted by atomic mass is 16.3. The molecule has 0 atom stereocenters. The monoisotopic (exact) mass is 257 g/mol. The van der Waals surface area contributed by atoms with Crippen molar-refractivity contribution in [3.63, 3.8) is 0 Å². The van der Waals surface area contributed by atoms with Crippen LogP contribution in [-0.4, -0.2) is 20.3 Å². The number of aryl methyl sites for hydroxylation is 1. The molecule has 0 aliphatic carbocycles. The molecule has 1 heterocycles. The fraction of sp³-hybridized carbons (Fsp3) is 0.133. The Balaban J connectivity index is 2.24. The summed E-state index contributed by atoms with van der Waals surface area (Å²) in [5, 5.41) is 28.1. The van der Waals surface area contributed by atoms with Gasteiger partial charge in [-0.3, -0.25) is 0 Å². The van der Waals surface area contributed by atoms with Gasteiger partial charge in [-0.2, -0.15) is 0 Å². The second-order valence-electron chi connectivity index (χ2n) is 4.14. The van der Waals surface area contributed by atoms with Crippen LogP contribution in [-0.2, 0) is 6.42 Å². The van der Waals surface area contributed by atoms with E-state index < -0.39 is 0 Å². The first-order valence-electron chi connectivity index (χ1n) is 5.99. The maximum atomic E-state index is 9.54. The second-order valence-corrected chi connectivity index (χ2v) is 4.14. The van der Waals surface area contributed by atoms with Crippen LogP contribution < -0.4 is 0 Å². The van der Waals surface area contributed by atoms with E-state index in [2.05, 4.69) is 4.98 Å². The summed E-state index contributed by atoms with van der Waals surface area (Å²) in [7, 11) is 0. The molecule has 0 unspecified atom stereocenters. The SMILES string of the molecule is CCc1nc(/C=C/c2ccc(O)c(O)c2)ccc1O. The number of pyridine rings is 1. The standard InChI is InChI=1S/C15H15NO3/c1-2-12-13(17)8-6-11(16-12)5-3-10-4-7-14(18)15(19)9-10/h3-9,17-19H,2H2,1H3/b5-3+. The van der Waals surface area contributed by atoms with E-state index in [-0.39, 0.29) is 17.2 Å². The third-order valence-electron chi connectivity index (χ3n) is 2.75. The van der Waals surface area contributed by atoms with Crippen molar-refractivity contribution >= 4 is 12.2 Å². The first kappa shape index (κ1) is 13.0. The molecule has 4 heteroatoms. The molecule has 2 aromatic rings. The molecule has 2 rings (SSSR count). The van der Waals surface area contributed by atoms with Crippen molar-refractivity contribution in [3.05, 3.63) is 47.3 Å². The van der Waals surface area contributed by atoms with Crippen molar-refractivity contribution < 1.29 is 15.3 Å². The molecule has 3 N–H and O–H groups in total. The molecule has 0 saturated carbocycles. The van der Waals surface area contributed by atoms with E-state index in [0.717, 1.165) is 11.3 Å². The summed E-state index contributed by atoms with van der Waals surface area (Å²) in [5.41, 5.74) is 2.13. The lowest BCUT2D eigenvalue weighted by Gasteiger charge is -2.02. The Labute approximate surface area is 111 Å². The Kier molecular flexibility index (Phi) is 3.71. The van der Waals surface area contributed by atoms with Crippen LogP contribution in [0.15, 0.2) is 30.3 Å². The summed E-state index contributed by atoms with van der Waals surface area (Å²) < 4.78 is 0. The van der Waals surface area contributed by atoms with Gasteiger partial charge in [0.15, 0.2) is 11.5 Å². The van der Waals surface area contributed by atoms with Gasteiger partial charge in [-0.05, 0) is 42.3 Å². The molecule has 0 saturated heterocycles. The van der Waals surface area contributed by atoms with Gasteiger partial charge < -0.3 is 15.3 Å². The number of rotatable bonds is 3. The minimum atomic E-state index is -0.157. The summed E-state index contributed by atoms with van der Waals surface area (Å²) in [6.45, 7) is 1.92. The molecule has 0 amide bonds. The maximum absolute atomic E-state index is 9.54. The molecule has 4 nitrogen and oxygen atoms in total. The van der Waals surface area contributed by atoms with Gasteiger partial charge in [0.25, 0.3) is 0 Å². The van der Waals surface area contributed by atoms with Crippen molar-refractivity contribution in [1.29, 1.82) is 0 Å². The smallest absolute Gasteiger partial charge is 0.157 e. The number of hydrogen-bond acceptors (Lipinski definition) is 4. The summed E-state index contributed by atoms with van der Waals surface area (Å²) in [6.07, 6.45) is 4.22. The third-order valence-corrected chi connectivity index (χ3v) is 2.75. The van der Waals surface area contributed by atoms with Gasteiger partial charge in [0, 0.05) is 0 Å². The molecule has 0 fully saturated rings. The highest BCUT2D eigenvalue weighted by molar-refractivity contribution is 5.69. The predicted molar refractivity (Wildman–Crippen MR) is 74.0 cm³/mol. The van der Waals surface area contributed by atoms with Crippen LogP contribution in [0.2, 0.25) is 0 Å². The quantitative estimate of drug-likeness (QED) is 0.739. The van der Waals surface area contributed by atoms with Gasteiger partial charge in [0.1, 0.15) is 5.75 Å². The van der Waals surface area contributed by atoms with Crippen LogP contribution in [0, 0.1) is 0 Å². The van der Waals surface area contributed by atoms with Crippen molar-refractivity contribution in [2.45, 2.75) is 13.3 Å². The number of benzene rings is 1. The van der Waals surface area contributed by atoms with E-state index in [4.69, 9.17) is 0 Å². The number of nitrogens with zero attached hydrogens (tertiary/aromatic N) is 1. The van der Waals surface area contributed by atoms with E-state index in [1.165, 1.54) is 12.1 Å². The zero-order valence-electron chi connectivity index (χ0n) is 10.5. The molecule has 0 aliphatic heterocycles. The zero-order chi connectivity index (χ0) is 13.8. The molecule has 0 aliphatic rings. The first-order valence-corrected chi connectivity index (χ1v) is 5.99. The van der Waals surface area contributed by atoms with Crippen LogP contribution in [0.4, 0.5) is 0 Å². The molecule has 19 heavy (non-hydrogen) atoms. The molecule has 1 aromatic carbocycles. The number of phenolic OH excluding ortho intramolecular Hbond substituents is 2. The number of hydrogen-bond donors (Lipinski definition) is 3. The van der Waals surface area contributed by atoms with Crippen molar-refractivity contribution in [3.8, 4) is 17.2 Å². The minimum Gasteiger partial charge on any atom is -0.506 e. The third kappa shape index (κ3) is 3.04. The van der Waals surface area contributed by atoms with Crippen molar-refractivity contribution in [2.24, 2.45) is 0 Å². The fourth-order valence-electron chi connectivity index (χ4n) is 1.69. The first-order chi connectivity index (χ1) is 9.10. The second kappa shape index (κ2) is 5.44. The van der Waals surface area contributed by atoms with E-state index in [1.54, 1.807) is 30.4 Å². The Morgan fingerprint density at radius 1 is 0.947 bits per heavy atom. The molecule has 0 radical (unpaired) electrons. The Morgan fingerprint density at radius 3 is 2.37 bits per heavy atom. The van der Waals surface area contributed by atoms with E-state index in [9.17, 15) is 15.3 Å². The van der Waals surface area contributed by atoms with Crippen LogP contribution in [0.3, 0.4) is 0 Å². The van der Waals surface area contributed by atoms with E-state index >= 15 is 0 Å². The lowest BCUT2D eigenvalue weighted by molar-refractivity contribution is 0.403. The lowest BCUT2D eigenvalue weighted by atomic mass is 10.1. The highest BCUT2D eigenvalue weighted by Crippen LogP contribution is 2.25. The summed E-state index contributed by atoms with van der Waals surface area (Å²) in [4.78, 5) is 4.30. The Morgan fingerprint density at radius 2 is 1.68 bits per heavy atom. The Hall–Kier alpha value is -2.49. The summed E-state index contributed by atoms with van der Waals surface area (Å²) in [6, 6.07) is 7.90. The fourth-order valence-corrected chi connectivity index (χ4v) is 1.69. The topological polar surface area (TPSA) is 73.6 Å². The van der Waals surface area contributed by atoms with Gasteiger partial charge in [0.2, 0.25) is 0 Å². The van der Waals surface area contributed by atoms with Gasteiger partial charge in [-0.15, -0.1) is 0 Å². The molecule has 0 bridgehead atoms. The van der Waals surface area contributed by atoms with Crippen LogP contribution in [0.5, 0.6) is 17.2 Å². The average Bonchev–Trinajstić information content (AvgIpc) is 2.41. The van der Waals surface area contributed by atoms with E-state index in [1.807, 2.05) is 6.92 Å². The molecular formula is C15H15NO3. The molecule has 1 aromatic heterocycles. The number of aromatic hydroxyl groups is 3. The Bertz CT molecular complexity index is 621. The van der Waals surface area contributed by atoms with Crippen molar-refractivity contribution in [2.75, 3.05) is 0 Å². The van der Waals surface area contributed by atoms with Gasteiger partial charge in [-0.25, -0.2) is 4.98 Å². The van der Waals surface area contributed by atoms with Gasteiger partial charge >= 0.3 is 0 Å². The maximum Gasteiger partial charge on any atom is 0.157 e.